The van der Waals surface area contributed by atoms with Gasteiger partial charge in [0.05, 0.1) is 0 Å². The van der Waals surface area contributed by atoms with E-state index in [2.05, 4.69) is 48.5 Å². The molecule has 1 atom stereocenters. The lowest BCUT2D eigenvalue weighted by atomic mass is 10.0. The summed E-state index contributed by atoms with van der Waals surface area (Å²) in [6.07, 6.45) is 0. The van der Waals surface area contributed by atoms with Crippen LogP contribution in [0.25, 0.3) is 0 Å². The van der Waals surface area contributed by atoms with Crippen LogP contribution in [0.3, 0.4) is 0 Å². The first kappa shape index (κ1) is 12.9. The van der Waals surface area contributed by atoms with Gasteiger partial charge in [-0.05, 0) is 25.2 Å². The van der Waals surface area contributed by atoms with E-state index >= 15 is 0 Å². The van der Waals surface area contributed by atoms with E-state index in [1.165, 1.54) is 16.2 Å². The van der Waals surface area contributed by atoms with Crippen LogP contribution in [0.4, 0.5) is 0 Å². The molecule has 0 saturated heterocycles. The van der Waals surface area contributed by atoms with Crippen molar-refractivity contribution in [3.05, 3.63) is 29.8 Å². The molecule has 1 aliphatic heterocycles. The fourth-order valence-corrected chi connectivity index (χ4v) is 3.36. The summed E-state index contributed by atoms with van der Waals surface area (Å²) in [5.74, 6) is 1.93. The average Bonchev–Trinajstić information content (AvgIpc) is 2.78. The maximum Gasteiger partial charge on any atom is 0.0108 e. The molecule has 1 heterocycles. The molecule has 3 heteroatoms. The molecule has 0 aromatic heterocycles. The van der Waals surface area contributed by atoms with Crippen molar-refractivity contribution in [2.24, 2.45) is 0 Å². The normalized spacial score (nSPS) is 18.6. The Morgan fingerprint density at radius 3 is 3.06 bits per heavy atom. The molecule has 0 amide bonds. The van der Waals surface area contributed by atoms with Crippen LogP contribution in [-0.2, 0) is 0 Å². The standard InChI is InChI=1S/C14H22N2S/c1-3-16(2)9-8-15-10-12-11-17-14-7-5-4-6-13(12)14/h4-7,12,15H,3,8-11H2,1-2H3. The van der Waals surface area contributed by atoms with Gasteiger partial charge in [0.25, 0.3) is 0 Å². The highest BCUT2D eigenvalue weighted by Crippen LogP contribution is 2.38. The van der Waals surface area contributed by atoms with Crippen LogP contribution in [0.1, 0.15) is 18.4 Å². The number of nitrogens with zero attached hydrogens (tertiary/aromatic N) is 1. The Labute approximate surface area is 109 Å². The molecule has 1 aliphatic rings. The predicted octanol–water partition coefficient (Wildman–Crippen LogP) is 2.42. The van der Waals surface area contributed by atoms with Gasteiger partial charge in [-0.3, -0.25) is 0 Å². The van der Waals surface area contributed by atoms with Gasteiger partial charge in [0.1, 0.15) is 0 Å². The second-order valence-corrected chi connectivity index (χ2v) is 5.71. The van der Waals surface area contributed by atoms with Gasteiger partial charge in [0.15, 0.2) is 0 Å². The topological polar surface area (TPSA) is 15.3 Å². The van der Waals surface area contributed by atoms with E-state index < -0.39 is 0 Å². The third kappa shape index (κ3) is 3.47. The molecule has 0 aliphatic carbocycles. The van der Waals surface area contributed by atoms with E-state index in [-0.39, 0.29) is 0 Å². The molecule has 2 rings (SSSR count). The van der Waals surface area contributed by atoms with E-state index in [1.807, 2.05) is 11.8 Å². The maximum absolute atomic E-state index is 3.58. The van der Waals surface area contributed by atoms with Gasteiger partial charge in [-0.2, -0.15) is 0 Å². The maximum atomic E-state index is 3.58. The van der Waals surface area contributed by atoms with Crippen molar-refractivity contribution < 1.29 is 0 Å². The quantitative estimate of drug-likeness (QED) is 0.781. The lowest BCUT2D eigenvalue weighted by molar-refractivity contribution is 0.348. The Kier molecular flexibility index (Phi) is 4.89. The highest BCUT2D eigenvalue weighted by molar-refractivity contribution is 7.99. The van der Waals surface area contributed by atoms with Crippen LogP contribution in [-0.4, -0.2) is 43.9 Å². The number of rotatable bonds is 6. The van der Waals surface area contributed by atoms with Crippen molar-refractivity contribution in [2.45, 2.75) is 17.7 Å². The number of hydrogen-bond donors (Lipinski definition) is 1. The third-order valence-electron chi connectivity index (χ3n) is 3.40. The van der Waals surface area contributed by atoms with E-state index in [9.17, 15) is 0 Å². The summed E-state index contributed by atoms with van der Waals surface area (Å²) in [6, 6.07) is 8.81. The summed E-state index contributed by atoms with van der Waals surface area (Å²) in [6.45, 7) is 6.67. The first-order valence-electron chi connectivity index (χ1n) is 6.42. The third-order valence-corrected chi connectivity index (χ3v) is 4.65. The lowest BCUT2D eigenvalue weighted by Crippen LogP contribution is -2.31. The average molecular weight is 250 g/mol. The Morgan fingerprint density at radius 2 is 2.24 bits per heavy atom. The first-order chi connectivity index (χ1) is 8.31. The molecule has 94 valence electrons. The molecule has 0 spiro atoms. The Bertz CT molecular complexity index is 354. The summed E-state index contributed by atoms with van der Waals surface area (Å²) < 4.78 is 0. The van der Waals surface area contributed by atoms with Crippen molar-refractivity contribution >= 4 is 11.8 Å². The van der Waals surface area contributed by atoms with Crippen LogP contribution in [0, 0.1) is 0 Å². The molecule has 0 radical (unpaired) electrons. The minimum Gasteiger partial charge on any atom is -0.315 e. The van der Waals surface area contributed by atoms with Crippen LogP contribution in [0.5, 0.6) is 0 Å². The lowest BCUT2D eigenvalue weighted by Gasteiger charge is -2.16. The Balaban J connectivity index is 1.75. The SMILES string of the molecule is CCN(C)CCNCC1CSc2ccccc21. The van der Waals surface area contributed by atoms with Crippen LogP contribution >= 0.6 is 11.8 Å². The second-order valence-electron chi connectivity index (χ2n) is 4.65. The van der Waals surface area contributed by atoms with E-state index in [1.54, 1.807) is 0 Å². The molecule has 0 saturated carbocycles. The molecule has 1 N–H and O–H groups in total. The Hall–Kier alpha value is -0.510. The predicted molar refractivity (Wildman–Crippen MR) is 75.9 cm³/mol. The van der Waals surface area contributed by atoms with Gasteiger partial charge in [-0.25, -0.2) is 0 Å². The highest BCUT2D eigenvalue weighted by atomic mass is 32.2. The summed E-state index contributed by atoms with van der Waals surface area (Å²) in [5.41, 5.74) is 1.54. The van der Waals surface area contributed by atoms with Crippen molar-refractivity contribution in [1.29, 1.82) is 0 Å². The van der Waals surface area contributed by atoms with E-state index in [0.717, 1.165) is 26.2 Å². The molecule has 1 aromatic carbocycles. The van der Waals surface area contributed by atoms with Crippen molar-refractivity contribution in [3.63, 3.8) is 0 Å². The van der Waals surface area contributed by atoms with Gasteiger partial charge in [-0.15, -0.1) is 11.8 Å². The molecule has 0 fully saturated rings. The molecule has 17 heavy (non-hydrogen) atoms. The fourth-order valence-electron chi connectivity index (χ4n) is 2.10. The highest BCUT2D eigenvalue weighted by Gasteiger charge is 2.21. The molecular weight excluding hydrogens is 228 g/mol. The smallest absolute Gasteiger partial charge is 0.0108 e. The molecule has 1 aromatic rings. The minimum absolute atomic E-state index is 0.697. The van der Waals surface area contributed by atoms with Gasteiger partial charge in [0, 0.05) is 36.2 Å². The van der Waals surface area contributed by atoms with Gasteiger partial charge in [0.2, 0.25) is 0 Å². The zero-order chi connectivity index (χ0) is 12.1. The zero-order valence-electron chi connectivity index (χ0n) is 10.8. The summed E-state index contributed by atoms with van der Waals surface area (Å²) in [7, 11) is 2.17. The Morgan fingerprint density at radius 1 is 1.41 bits per heavy atom. The largest absolute Gasteiger partial charge is 0.315 e. The number of nitrogens with one attached hydrogen (secondary N) is 1. The monoisotopic (exact) mass is 250 g/mol. The number of benzene rings is 1. The zero-order valence-corrected chi connectivity index (χ0v) is 11.6. The molecular formula is C14H22N2S. The second kappa shape index (κ2) is 6.43. The van der Waals surface area contributed by atoms with Crippen LogP contribution in [0.15, 0.2) is 29.2 Å². The molecule has 1 unspecified atom stereocenters. The van der Waals surface area contributed by atoms with Crippen molar-refractivity contribution in [1.82, 2.24) is 10.2 Å². The van der Waals surface area contributed by atoms with Gasteiger partial charge < -0.3 is 10.2 Å². The fraction of sp³-hybridized carbons (Fsp3) is 0.571. The first-order valence-corrected chi connectivity index (χ1v) is 7.40. The van der Waals surface area contributed by atoms with Gasteiger partial charge >= 0.3 is 0 Å². The van der Waals surface area contributed by atoms with Crippen molar-refractivity contribution in [2.75, 3.05) is 39.0 Å². The number of likely N-dealkylation sites (N-methyl/N-ethyl adjacent to an activating group) is 1. The summed E-state index contributed by atoms with van der Waals surface area (Å²) in [5, 5.41) is 3.58. The van der Waals surface area contributed by atoms with Gasteiger partial charge in [-0.1, -0.05) is 25.1 Å². The summed E-state index contributed by atoms with van der Waals surface area (Å²) in [4.78, 5) is 3.81. The molecule has 0 bridgehead atoms. The number of thioether (sulfide) groups is 1. The summed E-state index contributed by atoms with van der Waals surface area (Å²) >= 11 is 1.99. The van der Waals surface area contributed by atoms with Crippen LogP contribution in [0.2, 0.25) is 0 Å². The van der Waals surface area contributed by atoms with E-state index in [0.29, 0.717) is 5.92 Å². The van der Waals surface area contributed by atoms with Crippen LogP contribution < -0.4 is 5.32 Å². The minimum atomic E-state index is 0.697. The molecule has 2 nitrogen and oxygen atoms in total. The van der Waals surface area contributed by atoms with Crippen molar-refractivity contribution in [3.8, 4) is 0 Å². The number of fused-ring (bicyclic) bond motifs is 1. The number of hydrogen-bond acceptors (Lipinski definition) is 3. The van der Waals surface area contributed by atoms with E-state index in [4.69, 9.17) is 0 Å².